The van der Waals surface area contributed by atoms with Gasteiger partial charge in [0.05, 0.1) is 12.9 Å². The largest absolute Gasteiger partial charge is 0.499 e. The van der Waals surface area contributed by atoms with Crippen molar-refractivity contribution in [3.8, 4) is 0 Å². The van der Waals surface area contributed by atoms with E-state index in [4.69, 9.17) is 9.47 Å². The van der Waals surface area contributed by atoms with E-state index in [1.807, 2.05) is 0 Å². The summed E-state index contributed by atoms with van der Waals surface area (Å²) < 4.78 is 9.63. The van der Waals surface area contributed by atoms with Crippen molar-refractivity contribution in [3.63, 3.8) is 0 Å². The van der Waals surface area contributed by atoms with Crippen LogP contribution in [0.4, 0.5) is 0 Å². The van der Waals surface area contributed by atoms with Gasteiger partial charge in [-0.05, 0) is 0 Å². The Morgan fingerprint density at radius 3 is 3.14 bits per heavy atom. The molecule has 0 N–H and O–H groups in total. The molecule has 1 atom stereocenters. The van der Waals surface area contributed by atoms with E-state index in [0.29, 0.717) is 12.7 Å². The molecule has 7 heavy (non-hydrogen) atoms. The summed E-state index contributed by atoms with van der Waals surface area (Å²) in [7, 11) is 0. The maximum atomic E-state index is 4.84. The van der Waals surface area contributed by atoms with E-state index >= 15 is 0 Å². The molecule has 0 amide bonds. The second-order valence-electron chi connectivity index (χ2n) is 1.46. The number of hydrogen-bond acceptors (Lipinski definition) is 2. The van der Waals surface area contributed by atoms with Gasteiger partial charge in [0.25, 0.3) is 0 Å². The first-order valence-electron chi connectivity index (χ1n) is 2.27. The van der Waals surface area contributed by atoms with Crippen LogP contribution in [0, 0.1) is 0 Å². The van der Waals surface area contributed by atoms with Crippen LogP contribution in [0.2, 0.25) is 0 Å². The van der Waals surface area contributed by atoms with Crippen LogP contribution in [-0.4, -0.2) is 19.3 Å². The standard InChI is InChI=1S/C5H8O2/c1-2-6-3-5-4-7-5/h2,5H,1,3-4H2. The summed E-state index contributed by atoms with van der Waals surface area (Å²) in [6.45, 7) is 4.91. The monoisotopic (exact) mass is 100 g/mol. The zero-order valence-electron chi connectivity index (χ0n) is 4.09. The van der Waals surface area contributed by atoms with Gasteiger partial charge in [-0.1, -0.05) is 6.58 Å². The molecule has 0 aromatic rings. The zero-order valence-corrected chi connectivity index (χ0v) is 4.09. The fraction of sp³-hybridized carbons (Fsp3) is 0.600. The zero-order chi connectivity index (χ0) is 5.11. The average Bonchev–Trinajstić information content (AvgIpc) is 2.42. The minimum Gasteiger partial charge on any atom is -0.499 e. The summed E-state index contributed by atoms with van der Waals surface area (Å²) in [5, 5.41) is 0. The predicted molar refractivity (Wildman–Crippen MR) is 25.9 cm³/mol. The van der Waals surface area contributed by atoms with E-state index in [0.717, 1.165) is 6.61 Å². The molecule has 0 radical (unpaired) electrons. The Bertz CT molecular complexity index is 66.5. The minimum atomic E-state index is 0.359. The topological polar surface area (TPSA) is 21.8 Å². The second kappa shape index (κ2) is 1.98. The van der Waals surface area contributed by atoms with Crippen molar-refractivity contribution in [2.75, 3.05) is 13.2 Å². The molecule has 1 unspecified atom stereocenters. The van der Waals surface area contributed by atoms with Crippen LogP contribution in [0.25, 0.3) is 0 Å². The Balaban J connectivity index is 1.88. The number of rotatable bonds is 3. The van der Waals surface area contributed by atoms with Crippen LogP contribution in [0.3, 0.4) is 0 Å². The molecule has 1 rings (SSSR count). The predicted octanol–water partition coefficient (Wildman–Crippen LogP) is 0.545. The molecule has 0 aromatic carbocycles. The van der Waals surface area contributed by atoms with Gasteiger partial charge in [-0.25, -0.2) is 0 Å². The third-order valence-corrected chi connectivity index (χ3v) is 0.802. The molecule has 1 aliphatic rings. The molecule has 0 aromatic heterocycles. The molecule has 0 bridgehead atoms. The fourth-order valence-electron chi connectivity index (χ4n) is 0.340. The van der Waals surface area contributed by atoms with Crippen LogP contribution >= 0.6 is 0 Å². The molecule has 0 spiro atoms. The molecule has 1 heterocycles. The van der Waals surface area contributed by atoms with Gasteiger partial charge in [-0.3, -0.25) is 0 Å². The Morgan fingerprint density at radius 1 is 2.00 bits per heavy atom. The summed E-state index contributed by atoms with van der Waals surface area (Å²) in [5.41, 5.74) is 0. The quantitative estimate of drug-likeness (QED) is 0.381. The van der Waals surface area contributed by atoms with Gasteiger partial charge < -0.3 is 9.47 Å². The third-order valence-electron chi connectivity index (χ3n) is 0.802. The first-order chi connectivity index (χ1) is 3.43. The van der Waals surface area contributed by atoms with Crippen molar-refractivity contribution in [1.82, 2.24) is 0 Å². The van der Waals surface area contributed by atoms with E-state index in [1.54, 1.807) is 0 Å². The Labute approximate surface area is 42.7 Å². The molecular formula is C5H8O2. The minimum absolute atomic E-state index is 0.359. The van der Waals surface area contributed by atoms with Crippen LogP contribution in [0.5, 0.6) is 0 Å². The smallest absolute Gasteiger partial charge is 0.116 e. The fourth-order valence-corrected chi connectivity index (χ4v) is 0.340. The molecular weight excluding hydrogens is 92.1 g/mol. The molecule has 0 aliphatic carbocycles. The van der Waals surface area contributed by atoms with Crippen LogP contribution in [-0.2, 0) is 9.47 Å². The average molecular weight is 100 g/mol. The van der Waals surface area contributed by atoms with Gasteiger partial charge >= 0.3 is 0 Å². The first kappa shape index (κ1) is 4.65. The van der Waals surface area contributed by atoms with Crippen LogP contribution in [0.15, 0.2) is 12.8 Å². The van der Waals surface area contributed by atoms with Gasteiger partial charge in [-0.2, -0.15) is 0 Å². The third kappa shape index (κ3) is 1.59. The number of ether oxygens (including phenoxy) is 2. The van der Waals surface area contributed by atoms with E-state index in [-0.39, 0.29) is 0 Å². The van der Waals surface area contributed by atoms with Crippen molar-refractivity contribution in [3.05, 3.63) is 12.8 Å². The summed E-state index contributed by atoms with van der Waals surface area (Å²) >= 11 is 0. The van der Waals surface area contributed by atoms with Gasteiger partial charge in [0.1, 0.15) is 12.7 Å². The molecule has 2 nitrogen and oxygen atoms in total. The highest BCUT2D eigenvalue weighted by Gasteiger charge is 2.21. The Morgan fingerprint density at radius 2 is 2.71 bits per heavy atom. The van der Waals surface area contributed by atoms with Crippen molar-refractivity contribution in [2.24, 2.45) is 0 Å². The molecule has 1 aliphatic heterocycles. The van der Waals surface area contributed by atoms with Gasteiger partial charge in [-0.15, -0.1) is 0 Å². The molecule has 1 fully saturated rings. The number of hydrogen-bond donors (Lipinski definition) is 0. The molecule has 40 valence electrons. The summed E-state index contributed by atoms with van der Waals surface area (Å²) in [6.07, 6.45) is 1.79. The maximum absolute atomic E-state index is 4.84. The summed E-state index contributed by atoms with van der Waals surface area (Å²) in [4.78, 5) is 0. The SMILES string of the molecule is C=COCC1CO1. The summed E-state index contributed by atoms with van der Waals surface area (Å²) in [5.74, 6) is 0. The van der Waals surface area contributed by atoms with E-state index in [1.165, 1.54) is 6.26 Å². The highest BCUT2D eigenvalue weighted by Crippen LogP contribution is 2.07. The van der Waals surface area contributed by atoms with Crippen molar-refractivity contribution in [2.45, 2.75) is 6.10 Å². The lowest BCUT2D eigenvalue weighted by Crippen LogP contribution is -1.94. The van der Waals surface area contributed by atoms with Crippen molar-refractivity contribution >= 4 is 0 Å². The lowest BCUT2D eigenvalue weighted by atomic mass is 10.5. The lowest BCUT2D eigenvalue weighted by Gasteiger charge is -1.90. The summed E-state index contributed by atoms with van der Waals surface area (Å²) in [6, 6.07) is 0. The highest BCUT2D eigenvalue weighted by atomic mass is 16.6. The normalized spacial score (nSPS) is 26.6. The molecule has 2 heteroatoms. The lowest BCUT2D eigenvalue weighted by molar-refractivity contribution is 0.213. The number of epoxide rings is 1. The first-order valence-corrected chi connectivity index (χ1v) is 2.27. The van der Waals surface area contributed by atoms with E-state index < -0.39 is 0 Å². The highest BCUT2D eigenvalue weighted by molar-refractivity contribution is 4.68. The molecule has 0 saturated carbocycles. The van der Waals surface area contributed by atoms with E-state index in [9.17, 15) is 0 Å². The second-order valence-corrected chi connectivity index (χ2v) is 1.46. The van der Waals surface area contributed by atoms with Crippen LogP contribution in [0.1, 0.15) is 0 Å². The van der Waals surface area contributed by atoms with E-state index in [2.05, 4.69) is 6.58 Å². The van der Waals surface area contributed by atoms with Crippen molar-refractivity contribution in [1.29, 1.82) is 0 Å². The van der Waals surface area contributed by atoms with Crippen LogP contribution < -0.4 is 0 Å². The van der Waals surface area contributed by atoms with Gasteiger partial charge in [0.2, 0.25) is 0 Å². The van der Waals surface area contributed by atoms with Crippen molar-refractivity contribution < 1.29 is 9.47 Å². The molecule has 1 saturated heterocycles. The Hall–Kier alpha value is -0.500. The van der Waals surface area contributed by atoms with Gasteiger partial charge in [0, 0.05) is 0 Å². The Kier molecular flexibility index (Phi) is 1.32. The maximum Gasteiger partial charge on any atom is 0.116 e. The van der Waals surface area contributed by atoms with Gasteiger partial charge in [0.15, 0.2) is 0 Å².